The van der Waals surface area contributed by atoms with Gasteiger partial charge in [-0.05, 0) is 19.1 Å². The number of anilines is 1. The summed E-state index contributed by atoms with van der Waals surface area (Å²) in [5.74, 6) is -4.61. The van der Waals surface area contributed by atoms with Crippen molar-refractivity contribution in [3.63, 3.8) is 0 Å². The maximum absolute atomic E-state index is 14.0. The first-order chi connectivity index (χ1) is 11.2. The molecule has 2 heterocycles. The van der Waals surface area contributed by atoms with Gasteiger partial charge in [0.15, 0.2) is 5.82 Å². The lowest BCUT2D eigenvalue weighted by molar-refractivity contribution is -0.144. The van der Waals surface area contributed by atoms with E-state index in [1.807, 2.05) is 0 Å². The average Bonchev–Trinajstić information content (AvgIpc) is 2.72. The summed E-state index contributed by atoms with van der Waals surface area (Å²) in [6, 6.07) is 3.35. The van der Waals surface area contributed by atoms with E-state index in [4.69, 9.17) is 0 Å². The highest BCUT2D eigenvalue weighted by Gasteiger charge is 2.37. The number of nitrogens with one attached hydrogen (secondary N) is 1. The third kappa shape index (κ3) is 2.55. The number of rotatable bonds is 2. The molecule has 2 amide bonds. The Morgan fingerprint density at radius 3 is 2.46 bits per heavy atom. The SMILES string of the molecule is CC1=CC(=O)N(Nc2nc(C(F)(F)F)nc3cccc(F)c23)C1=O. The van der Waals surface area contributed by atoms with Crippen LogP contribution in [0.2, 0.25) is 0 Å². The van der Waals surface area contributed by atoms with Gasteiger partial charge in [-0.2, -0.15) is 18.2 Å². The number of hydrazine groups is 1. The third-order valence-corrected chi connectivity index (χ3v) is 3.24. The molecule has 3 rings (SSSR count). The highest BCUT2D eigenvalue weighted by Crippen LogP contribution is 2.32. The fourth-order valence-corrected chi connectivity index (χ4v) is 2.15. The van der Waals surface area contributed by atoms with Crippen LogP contribution in [-0.4, -0.2) is 26.8 Å². The second-order valence-electron chi connectivity index (χ2n) is 4.95. The van der Waals surface area contributed by atoms with Crippen LogP contribution in [0.4, 0.5) is 23.4 Å². The van der Waals surface area contributed by atoms with Crippen molar-refractivity contribution in [2.75, 3.05) is 5.43 Å². The van der Waals surface area contributed by atoms with Crippen LogP contribution in [0.1, 0.15) is 12.7 Å². The Morgan fingerprint density at radius 1 is 1.17 bits per heavy atom. The van der Waals surface area contributed by atoms with Gasteiger partial charge in [0.1, 0.15) is 5.82 Å². The zero-order chi connectivity index (χ0) is 17.6. The minimum absolute atomic E-state index is 0.0855. The summed E-state index contributed by atoms with van der Waals surface area (Å²) in [6.07, 6.45) is -3.89. The predicted molar refractivity (Wildman–Crippen MR) is 73.7 cm³/mol. The van der Waals surface area contributed by atoms with Crippen molar-refractivity contribution in [2.45, 2.75) is 13.1 Å². The molecular weight excluding hydrogens is 332 g/mol. The Balaban J connectivity index is 2.16. The van der Waals surface area contributed by atoms with Crippen molar-refractivity contribution < 1.29 is 27.2 Å². The Bertz CT molecular complexity index is 908. The summed E-state index contributed by atoms with van der Waals surface area (Å²) < 4.78 is 52.8. The molecule has 10 heteroatoms. The van der Waals surface area contributed by atoms with Crippen LogP contribution in [0.25, 0.3) is 10.9 Å². The first-order valence-corrected chi connectivity index (χ1v) is 6.55. The molecule has 0 bridgehead atoms. The number of benzene rings is 1. The van der Waals surface area contributed by atoms with Crippen LogP contribution in [0.15, 0.2) is 29.8 Å². The van der Waals surface area contributed by atoms with E-state index in [1.165, 1.54) is 13.0 Å². The van der Waals surface area contributed by atoms with Crippen LogP contribution < -0.4 is 5.43 Å². The van der Waals surface area contributed by atoms with Gasteiger partial charge in [-0.25, -0.2) is 14.4 Å². The highest BCUT2D eigenvalue weighted by molar-refractivity contribution is 6.16. The summed E-state index contributed by atoms with van der Waals surface area (Å²) in [6.45, 7) is 1.36. The van der Waals surface area contributed by atoms with Gasteiger partial charge in [0.25, 0.3) is 11.8 Å². The van der Waals surface area contributed by atoms with Gasteiger partial charge in [0.05, 0.1) is 10.9 Å². The Kier molecular flexibility index (Phi) is 3.47. The van der Waals surface area contributed by atoms with E-state index in [2.05, 4.69) is 15.4 Å². The molecule has 0 spiro atoms. The summed E-state index contributed by atoms with van der Waals surface area (Å²) in [5, 5.41) is 0.0969. The summed E-state index contributed by atoms with van der Waals surface area (Å²) >= 11 is 0. The summed E-state index contributed by atoms with van der Waals surface area (Å²) in [7, 11) is 0. The van der Waals surface area contributed by atoms with Crippen molar-refractivity contribution >= 4 is 28.5 Å². The van der Waals surface area contributed by atoms with E-state index in [-0.39, 0.29) is 16.5 Å². The lowest BCUT2D eigenvalue weighted by Gasteiger charge is -2.18. The molecule has 1 aliphatic rings. The van der Waals surface area contributed by atoms with E-state index in [1.54, 1.807) is 0 Å². The molecule has 1 N–H and O–H groups in total. The second kappa shape index (κ2) is 5.25. The van der Waals surface area contributed by atoms with Gasteiger partial charge in [-0.15, -0.1) is 0 Å². The molecule has 124 valence electrons. The van der Waals surface area contributed by atoms with E-state index >= 15 is 0 Å². The fourth-order valence-electron chi connectivity index (χ4n) is 2.15. The molecule has 0 unspecified atom stereocenters. The average molecular weight is 340 g/mol. The number of nitrogens with zero attached hydrogens (tertiary/aromatic N) is 3. The Labute approximate surface area is 131 Å². The highest BCUT2D eigenvalue weighted by atomic mass is 19.4. The number of halogens is 4. The van der Waals surface area contributed by atoms with Gasteiger partial charge < -0.3 is 0 Å². The van der Waals surface area contributed by atoms with Crippen LogP contribution in [-0.2, 0) is 15.8 Å². The van der Waals surface area contributed by atoms with Crippen molar-refractivity contribution in [1.29, 1.82) is 0 Å². The predicted octanol–water partition coefficient (Wildman–Crippen LogP) is 2.43. The van der Waals surface area contributed by atoms with Gasteiger partial charge in [0, 0.05) is 11.6 Å². The van der Waals surface area contributed by atoms with Gasteiger partial charge >= 0.3 is 6.18 Å². The molecule has 0 radical (unpaired) electrons. The van der Waals surface area contributed by atoms with Crippen LogP contribution in [0.5, 0.6) is 0 Å². The van der Waals surface area contributed by atoms with E-state index in [0.717, 1.165) is 18.2 Å². The molecule has 1 aliphatic heterocycles. The van der Waals surface area contributed by atoms with Gasteiger partial charge in [0.2, 0.25) is 5.82 Å². The molecule has 0 fully saturated rings. The van der Waals surface area contributed by atoms with Gasteiger partial charge in [-0.1, -0.05) is 6.07 Å². The molecule has 0 atom stereocenters. The van der Waals surface area contributed by atoms with Crippen LogP contribution >= 0.6 is 0 Å². The van der Waals surface area contributed by atoms with E-state index in [9.17, 15) is 27.2 Å². The Hall–Kier alpha value is -3.04. The second-order valence-corrected chi connectivity index (χ2v) is 4.95. The maximum atomic E-state index is 14.0. The number of aromatic nitrogens is 2. The summed E-state index contributed by atoms with van der Waals surface area (Å²) in [5.41, 5.74) is 1.93. The zero-order valence-corrected chi connectivity index (χ0v) is 12.0. The minimum Gasteiger partial charge on any atom is -0.271 e. The Morgan fingerprint density at radius 2 is 1.88 bits per heavy atom. The van der Waals surface area contributed by atoms with Crippen molar-refractivity contribution in [1.82, 2.24) is 15.0 Å². The smallest absolute Gasteiger partial charge is 0.271 e. The molecule has 6 nitrogen and oxygen atoms in total. The molecule has 0 aliphatic carbocycles. The number of alkyl halides is 3. The lowest BCUT2D eigenvalue weighted by Crippen LogP contribution is -2.37. The molecule has 0 saturated heterocycles. The number of hydrogen-bond donors (Lipinski definition) is 1. The monoisotopic (exact) mass is 340 g/mol. The number of imide groups is 1. The first-order valence-electron chi connectivity index (χ1n) is 6.55. The van der Waals surface area contributed by atoms with Crippen molar-refractivity contribution in [3.05, 3.63) is 41.5 Å². The fraction of sp³-hybridized carbons (Fsp3) is 0.143. The molecule has 1 aromatic carbocycles. The standard InChI is InChI=1S/C14H8F4N4O2/c1-6-5-9(23)22(12(6)24)21-11-10-7(15)3-2-4-8(10)19-13(20-11)14(16,17)18/h2-5H,1H3,(H,19,20,21). The maximum Gasteiger partial charge on any atom is 0.451 e. The molecular formula is C14H8F4N4O2. The number of fused-ring (bicyclic) bond motifs is 1. The number of carbonyl (C=O) groups is 2. The third-order valence-electron chi connectivity index (χ3n) is 3.24. The summed E-state index contributed by atoms with van der Waals surface area (Å²) in [4.78, 5) is 30.1. The normalized spacial score (nSPS) is 15.2. The zero-order valence-electron chi connectivity index (χ0n) is 12.0. The topological polar surface area (TPSA) is 75.2 Å². The van der Waals surface area contributed by atoms with Crippen LogP contribution in [0.3, 0.4) is 0 Å². The molecule has 0 saturated carbocycles. The number of carbonyl (C=O) groups excluding carboxylic acids is 2. The first kappa shape index (κ1) is 15.8. The van der Waals surface area contributed by atoms with Crippen LogP contribution in [0, 0.1) is 5.82 Å². The lowest BCUT2D eigenvalue weighted by atomic mass is 10.2. The van der Waals surface area contributed by atoms with Crippen molar-refractivity contribution in [2.24, 2.45) is 0 Å². The molecule has 1 aromatic heterocycles. The quantitative estimate of drug-likeness (QED) is 0.671. The molecule has 24 heavy (non-hydrogen) atoms. The van der Waals surface area contributed by atoms with E-state index in [0.29, 0.717) is 5.01 Å². The van der Waals surface area contributed by atoms with E-state index < -0.39 is 35.5 Å². The number of hydrogen-bond acceptors (Lipinski definition) is 5. The van der Waals surface area contributed by atoms with Gasteiger partial charge in [-0.3, -0.25) is 15.0 Å². The number of amides is 2. The minimum atomic E-state index is -4.88. The molecule has 2 aromatic rings. The largest absolute Gasteiger partial charge is 0.451 e. The van der Waals surface area contributed by atoms with Crippen molar-refractivity contribution in [3.8, 4) is 0 Å².